The molecular formula is C31H37N2OSiTi. The number of phenolic OH excluding ortho intramolecular Hbond substituents is 1. The van der Waals surface area contributed by atoms with Gasteiger partial charge in [-0.3, -0.25) is 0 Å². The Labute approximate surface area is 227 Å². The number of fused-ring (bicyclic) bond motifs is 4. The quantitative estimate of drug-likeness (QED) is 0.189. The maximum absolute atomic E-state index is 9.13. The van der Waals surface area contributed by atoms with Crippen molar-refractivity contribution in [1.82, 2.24) is 0 Å². The van der Waals surface area contributed by atoms with Crippen LogP contribution in [0.3, 0.4) is 0 Å². The minimum Gasteiger partial charge on any atom is -0.508 e. The Kier molecular flexibility index (Phi) is 10.1. The zero-order valence-corrected chi connectivity index (χ0v) is 24.9. The fourth-order valence-corrected chi connectivity index (χ4v) is 4.46. The van der Waals surface area contributed by atoms with Gasteiger partial charge in [0.2, 0.25) is 0 Å². The largest absolute Gasteiger partial charge is 0.508 e. The summed E-state index contributed by atoms with van der Waals surface area (Å²) in [4.78, 5) is 4.29. The molecule has 5 rings (SSSR count). The SMILES string of the molecule is CC[Si](=[Ti+])CC.CN(C)c1ccc2[cH-]c3ccc(N(C)C)cc3c2c1.Oc1ccc2ccccc2c1. The second kappa shape index (κ2) is 13.0. The molecule has 3 nitrogen and oxygen atoms in total. The summed E-state index contributed by atoms with van der Waals surface area (Å²) < 4.78 is 0. The van der Waals surface area contributed by atoms with Crippen LogP contribution in [-0.2, 0) is 19.2 Å². The minimum atomic E-state index is 0.132. The van der Waals surface area contributed by atoms with Crippen molar-refractivity contribution in [1.29, 1.82) is 0 Å². The van der Waals surface area contributed by atoms with Gasteiger partial charge in [-0.05, 0) is 22.9 Å². The predicted octanol–water partition coefficient (Wildman–Crippen LogP) is 7.95. The molecule has 0 amide bonds. The molecule has 0 spiro atoms. The van der Waals surface area contributed by atoms with Gasteiger partial charge in [-0.1, -0.05) is 54.6 Å². The number of anilines is 2. The number of hydrogen-bond acceptors (Lipinski definition) is 3. The number of nitrogens with zero attached hydrogens (tertiary/aromatic N) is 2. The Balaban J connectivity index is 0.000000179. The van der Waals surface area contributed by atoms with Crippen molar-refractivity contribution < 1.29 is 24.3 Å². The van der Waals surface area contributed by atoms with Crippen LogP contribution in [0.2, 0.25) is 12.1 Å². The van der Waals surface area contributed by atoms with Gasteiger partial charge < -0.3 is 14.9 Å². The third kappa shape index (κ3) is 7.19. The number of phenols is 1. The Bertz CT molecular complexity index is 1390. The Morgan fingerprint density at radius 2 is 1.19 bits per heavy atom. The van der Waals surface area contributed by atoms with Gasteiger partial charge in [0, 0.05) is 39.6 Å². The van der Waals surface area contributed by atoms with E-state index in [1.165, 1.54) is 45.0 Å². The molecule has 0 aliphatic heterocycles. The molecule has 0 fully saturated rings. The fourth-order valence-electron chi connectivity index (χ4n) is 3.96. The third-order valence-corrected chi connectivity index (χ3v) is 11.3. The van der Waals surface area contributed by atoms with E-state index in [0.717, 1.165) is 10.8 Å². The summed E-state index contributed by atoms with van der Waals surface area (Å²) in [5, 5.41) is 16.7. The van der Waals surface area contributed by atoms with Crippen molar-refractivity contribution in [2.75, 3.05) is 38.0 Å². The summed E-state index contributed by atoms with van der Waals surface area (Å²) in [7, 11) is 8.32. The molecule has 0 saturated carbocycles. The fraction of sp³-hybridized carbons (Fsp3) is 0.258. The van der Waals surface area contributed by atoms with Gasteiger partial charge in [0.15, 0.2) is 0 Å². The molecule has 1 N–H and O–H groups in total. The van der Waals surface area contributed by atoms with E-state index in [4.69, 9.17) is 5.11 Å². The summed E-state index contributed by atoms with van der Waals surface area (Å²) in [5.41, 5.74) is 2.49. The molecule has 0 radical (unpaired) electrons. The van der Waals surface area contributed by atoms with Crippen molar-refractivity contribution >= 4 is 49.9 Å². The molecule has 0 aromatic heterocycles. The Morgan fingerprint density at radius 3 is 1.64 bits per heavy atom. The average molecular weight is 530 g/mol. The van der Waals surface area contributed by atoms with Gasteiger partial charge in [-0.2, -0.15) is 0 Å². The van der Waals surface area contributed by atoms with Gasteiger partial charge in [0.05, 0.1) is 0 Å². The first-order valence-electron chi connectivity index (χ1n) is 12.4. The molecular weight excluding hydrogens is 492 g/mol. The number of aromatic hydroxyl groups is 1. The number of hydrogen-bond donors (Lipinski definition) is 1. The summed E-state index contributed by atoms with van der Waals surface area (Å²) in [6.07, 6.45) is 0.132. The van der Waals surface area contributed by atoms with Crippen LogP contribution < -0.4 is 9.80 Å². The van der Waals surface area contributed by atoms with E-state index in [2.05, 4.69) is 113 Å². The van der Waals surface area contributed by atoms with Crippen LogP contribution in [0.1, 0.15) is 13.8 Å². The van der Waals surface area contributed by atoms with Crippen molar-refractivity contribution in [2.24, 2.45) is 0 Å². The van der Waals surface area contributed by atoms with Crippen molar-refractivity contribution in [3.8, 4) is 5.75 Å². The average Bonchev–Trinajstić information content (AvgIpc) is 3.26. The van der Waals surface area contributed by atoms with Crippen LogP contribution >= 0.6 is 0 Å². The van der Waals surface area contributed by atoms with E-state index in [0.29, 0.717) is 5.75 Å². The molecule has 5 aromatic carbocycles. The second-order valence-corrected chi connectivity index (χ2v) is 15.3. The smallest absolute Gasteiger partial charge is 0.116 e. The molecule has 5 heteroatoms. The van der Waals surface area contributed by atoms with Crippen LogP contribution in [0.15, 0.2) is 84.9 Å². The van der Waals surface area contributed by atoms with Gasteiger partial charge in [-0.15, -0.1) is 39.7 Å². The molecule has 0 aliphatic carbocycles. The summed E-state index contributed by atoms with van der Waals surface area (Å²) in [5.74, 6) is 0.323. The van der Waals surface area contributed by atoms with Gasteiger partial charge >= 0.3 is 51.3 Å². The van der Waals surface area contributed by atoms with Crippen LogP contribution in [-0.4, -0.2) is 39.5 Å². The first-order valence-corrected chi connectivity index (χ1v) is 16.7. The predicted molar refractivity (Wildman–Crippen MR) is 158 cm³/mol. The van der Waals surface area contributed by atoms with E-state index >= 15 is 0 Å². The maximum Gasteiger partial charge on any atom is 0.116 e. The van der Waals surface area contributed by atoms with Crippen LogP contribution in [0.4, 0.5) is 11.4 Å². The van der Waals surface area contributed by atoms with E-state index in [9.17, 15) is 0 Å². The van der Waals surface area contributed by atoms with E-state index in [-0.39, 0.29) is 6.19 Å². The first-order chi connectivity index (χ1) is 17.2. The summed E-state index contributed by atoms with van der Waals surface area (Å²) >= 11 is 2.38. The molecule has 0 heterocycles. The van der Waals surface area contributed by atoms with Crippen LogP contribution in [0, 0.1) is 0 Å². The molecule has 0 atom stereocenters. The minimum absolute atomic E-state index is 0.132. The Morgan fingerprint density at radius 1 is 0.694 bits per heavy atom. The maximum atomic E-state index is 9.13. The standard InChI is InChI=1S/C17H19N2.C10H8O.C4H10Si.Ti/c1-18(2)14-7-5-12-9-13-6-8-15(19(3)4)11-17(13)16(12)10-14;11-10-6-5-8-3-1-2-4-9(8)7-10;1-3-5-4-2;/h5-11H,1-4H3;1-7,11H;3-4H2,1-2H3;/q-1;;;+1. The zero-order valence-electron chi connectivity index (χ0n) is 22.3. The topological polar surface area (TPSA) is 26.7 Å². The summed E-state index contributed by atoms with van der Waals surface area (Å²) in [6, 6.07) is 31.8. The molecule has 0 unspecified atom stereocenters. The van der Waals surface area contributed by atoms with Crippen molar-refractivity contribution in [2.45, 2.75) is 25.9 Å². The van der Waals surface area contributed by atoms with Crippen molar-refractivity contribution in [3.63, 3.8) is 0 Å². The normalized spacial score (nSPS) is 10.4. The second-order valence-electron chi connectivity index (χ2n) is 9.32. The molecule has 5 aromatic rings. The Hall–Kier alpha value is -2.66. The van der Waals surface area contributed by atoms with Crippen LogP contribution in [0.5, 0.6) is 5.75 Å². The molecule has 0 saturated heterocycles. The van der Waals surface area contributed by atoms with Gasteiger partial charge in [0.1, 0.15) is 5.75 Å². The molecule has 0 bridgehead atoms. The summed E-state index contributed by atoms with van der Waals surface area (Å²) in [6.45, 7) is 4.55. The van der Waals surface area contributed by atoms with Crippen LogP contribution in [0.25, 0.3) is 32.3 Å². The van der Waals surface area contributed by atoms with E-state index < -0.39 is 0 Å². The molecule has 0 aliphatic rings. The van der Waals surface area contributed by atoms with Gasteiger partial charge in [0.25, 0.3) is 0 Å². The van der Waals surface area contributed by atoms with E-state index in [1.54, 1.807) is 12.1 Å². The molecule has 36 heavy (non-hydrogen) atoms. The third-order valence-electron chi connectivity index (χ3n) is 6.29. The first kappa shape index (κ1) is 27.9. The van der Waals surface area contributed by atoms with Crippen molar-refractivity contribution in [3.05, 3.63) is 84.9 Å². The van der Waals surface area contributed by atoms with Gasteiger partial charge in [-0.25, -0.2) is 0 Å². The van der Waals surface area contributed by atoms with E-state index in [1.807, 2.05) is 30.3 Å². The molecule has 185 valence electrons. The monoisotopic (exact) mass is 529 g/mol. The number of benzene rings is 4. The zero-order chi connectivity index (χ0) is 26.2. The number of rotatable bonds is 4.